The van der Waals surface area contributed by atoms with E-state index < -0.39 is 12.1 Å². The Bertz CT molecular complexity index is 388. The first-order chi connectivity index (χ1) is 9.90. The minimum Gasteiger partial charge on any atom is -0.481 e. The molecule has 1 aliphatic heterocycles. The van der Waals surface area contributed by atoms with Gasteiger partial charge in [0.25, 0.3) is 0 Å². The van der Waals surface area contributed by atoms with E-state index in [1.165, 1.54) is 0 Å². The van der Waals surface area contributed by atoms with Gasteiger partial charge < -0.3 is 25.8 Å². The summed E-state index contributed by atoms with van der Waals surface area (Å²) in [6, 6.07) is -0.227. The SMILES string of the molecule is CC(CC(=O)O)C1CCCN(C(=O)NCCOC(N)=O)C1. The summed E-state index contributed by atoms with van der Waals surface area (Å²) in [5.74, 6) is -0.577. The van der Waals surface area contributed by atoms with Crippen molar-refractivity contribution in [3.8, 4) is 0 Å². The zero-order chi connectivity index (χ0) is 15.8. The van der Waals surface area contributed by atoms with E-state index in [0.717, 1.165) is 12.8 Å². The molecule has 4 N–H and O–H groups in total. The Hall–Kier alpha value is -1.99. The van der Waals surface area contributed by atoms with Gasteiger partial charge in [-0.25, -0.2) is 9.59 Å². The van der Waals surface area contributed by atoms with Gasteiger partial charge in [0.2, 0.25) is 0 Å². The van der Waals surface area contributed by atoms with Crippen molar-refractivity contribution in [2.75, 3.05) is 26.2 Å². The first-order valence-electron chi connectivity index (χ1n) is 7.07. The summed E-state index contributed by atoms with van der Waals surface area (Å²) in [7, 11) is 0. The molecule has 2 unspecified atom stereocenters. The normalized spacial score (nSPS) is 19.7. The van der Waals surface area contributed by atoms with E-state index in [4.69, 9.17) is 10.8 Å². The number of primary amides is 1. The quantitative estimate of drug-likeness (QED) is 0.621. The van der Waals surface area contributed by atoms with Crippen molar-refractivity contribution in [1.29, 1.82) is 0 Å². The molecule has 1 saturated heterocycles. The van der Waals surface area contributed by atoms with Crippen LogP contribution in [0, 0.1) is 11.8 Å². The van der Waals surface area contributed by atoms with Crippen LogP contribution in [-0.2, 0) is 9.53 Å². The molecule has 120 valence electrons. The number of carboxylic acid groups (broad SMARTS) is 1. The van der Waals surface area contributed by atoms with Crippen LogP contribution in [0.25, 0.3) is 0 Å². The summed E-state index contributed by atoms with van der Waals surface area (Å²) in [6.45, 7) is 3.35. The molecule has 1 aliphatic rings. The Morgan fingerprint density at radius 3 is 2.81 bits per heavy atom. The molecule has 1 heterocycles. The number of urea groups is 1. The van der Waals surface area contributed by atoms with Crippen molar-refractivity contribution >= 4 is 18.1 Å². The lowest BCUT2D eigenvalue weighted by atomic mass is 9.85. The van der Waals surface area contributed by atoms with Crippen LogP contribution in [0.15, 0.2) is 0 Å². The van der Waals surface area contributed by atoms with Gasteiger partial charge in [-0.2, -0.15) is 0 Å². The van der Waals surface area contributed by atoms with Gasteiger partial charge in [0, 0.05) is 19.5 Å². The minimum atomic E-state index is -0.871. The Morgan fingerprint density at radius 1 is 1.48 bits per heavy atom. The number of aliphatic carboxylic acids is 1. The smallest absolute Gasteiger partial charge is 0.404 e. The molecule has 8 nitrogen and oxygen atoms in total. The van der Waals surface area contributed by atoms with E-state index in [1.54, 1.807) is 4.90 Å². The summed E-state index contributed by atoms with van der Waals surface area (Å²) in [5, 5.41) is 11.5. The topological polar surface area (TPSA) is 122 Å². The molecule has 0 saturated carbocycles. The fourth-order valence-electron chi connectivity index (χ4n) is 2.52. The largest absolute Gasteiger partial charge is 0.481 e. The lowest BCUT2D eigenvalue weighted by Crippen LogP contribution is -2.47. The van der Waals surface area contributed by atoms with E-state index in [0.29, 0.717) is 13.1 Å². The van der Waals surface area contributed by atoms with E-state index in [-0.39, 0.29) is 37.4 Å². The average molecular weight is 301 g/mol. The predicted molar refractivity (Wildman–Crippen MR) is 74.6 cm³/mol. The Kier molecular flexibility index (Phi) is 6.77. The van der Waals surface area contributed by atoms with E-state index in [1.807, 2.05) is 6.92 Å². The Morgan fingerprint density at radius 2 is 2.19 bits per heavy atom. The number of carboxylic acids is 1. The third-order valence-corrected chi connectivity index (χ3v) is 3.67. The molecule has 0 spiro atoms. The Labute approximate surface area is 123 Å². The van der Waals surface area contributed by atoms with Gasteiger partial charge in [0.15, 0.2) is 0 Å². The summed E-state index contributed by atoms with van der Waals surface area (Å²) in [4.78, 5) is 34.8. The first-order valence-corrected chi connectivity index (χ1v) is 7.07. The maximum absolute atomic E-state index is 12.0. The van der Waals surface area contributed by atoms with Gasteiger partial charge in [-0.05, 0) is 24.7 Å². The fourth-order valence-corrected chi connectivity index (χ4v) is 2.52. The number of amides is 3. The molecule has 21 heavy (non-hydrogen) atoms. The predicted octanol–water partition coefficient (Wildman–Crippen LogP) is 0.614. The highest BCUT2D eigenvalue weighted by Gasteiger charge is 2.28. The number of piperidine rings is 1. The molecule has 1 rings (SSSR count). The van der Waals surface area contributed by atoms with Gasteiger partial charge in [-0.1, -0.05) is 6.92 Å². The standard InChI is InChI=1S/C13H23N3O5/c1-9(7-11(17)18)10-3-2-5-16(8-10)13(20)15-4-6-21-12(14)19/h9-10H,2-8H2,1H3,(H2,14,19)(H,15,20)(H,17,18). The molecule has 0 aromatic rings. The summed E-state index contributed by atoms with van der Waals surface area (Å²) < 4.78 is 4.52. The summed E-state index contributed by atoms with van der Waals surface area (Å²) in [5.41, 5.74) is 4.81. The van der Waals surface area contributed by atoms with Gasteiger partial charge >= 0.3 is 18.1 Å². The van der Waals surface area contributed by atoms with E-state index >= 15 is 0 Å². The second kappa shape index (κ2) is 8.33. The molecule has 3 amide bonds. The minimum absolute atomic E-state index is 0.0355. The van der Waals surface area contributed by atoms with Crippen LogP contribution in [0.4, 0.5) is 9.59 Å². The first kappa shape index (κ1) is 17.1. The molecule has 0 aliphatic carbocycles. The maximum Gasteiger partial charge on any atom is 0.404 e. The number of hydrogen-bond donors (Lipinski definition) is 3. The number of nitrogens with zero attached hydrogens (tertiary/aromatic N) is 1. The van der Waals surface area contributed by atoms with Crippen molar-refractivity contribution in [3.05, 3.63) is 0 Å². The number of carbonyl (C=O) groups is 3. The Balaban J connectivity index is 2.35. The van der Waals surface area contributed by atoms with Crippen LogP contribution in [0.5, 0.6) is 0 Å². The number of nitrogens with two attached hydrogens (primary N) is 1. The highest BCUT2D eigenvalue weighted by molar-refractivity contribution is 5.74. The molecule has 1 fully saturated rings. The van der Waals surface area contributed by atoms with Crippen LogP contribution >= 0.6 is 0 Å². The number of carbonyl (C=O) groups excluding carboxylic acids is 2. The number of ether oxygens (including phenoxy) is 1. The third-order valence-electron chi connectivity index (χ3n) is 3.67. The number of nitrogens with one attached hydrogen (secondary N) is 1. The molecule has 0 bridgehead atoms. The van der Waals surface area contributed by atoms with E-state index in [2.05, 4.69) is 10.1 Å². The van der Waals surface area contributed by atoms with Gasteiger partial charge in [0.1, 0.15) is 6.61 Å². The van der Waals surface area contributed by atoms with Crippen LogP contribution < -0.4 is 11.1 Å². The van der Waals surface area contributed by atoms with E-state index in [9.17, 15) is 14.4 Å². The summed E-state index contributed by atoms with van der Waals surface area (Å²) in [6.07, 6.45) is 1.04. The third kappa shape index (κ3) is 6.33. The van der Waals surface area contributed by atoms with Gasteiger partial charge in [-0.15, -0.1) is 0 Å². The molecule has 0 aromatic carbocycles. The average Bonchev–Trinajstić information content (AvgIpc) is 2.42. The van der Waals surface area contributed by atoms with Crippen molar-refractivity contribution in [3.63, 3.8) is 0 Å². The van der Waals surface area contributed by atoms with Gasteiger partial charge in [-0.3, -0.25) is 4.79 Å². The number of rotatable bonds is 6. The van der Waals surface area contributed by atoms with Crippen molar-refractivity contribution in [2.24, 2.45) is 17.6 Å². The van der Waals surface area contributed by atoms with Crippen LogP contribution in [0.1, 0.15) is 26.2 Å². The number of likely N-dealkylation sites (tertiary alicyclic amines) is 1. The van der Waals surface area contributed by atoms with Crippen LogP contribution in [-0.4, -0.2) is 54.3 Å². The fraction of sp³-hybridized carbons (Fsp3) is 0.769. The zero-order valence-electron chi connectivity index (χ0n) is 12.2. The van der Waals surface area contributed by atoms with Crippen molar-refractivity contribution in [2.45, 2.75) is 26.2 Å². The highest BCUT2D eigenvalue weighted by Crippen LogP contribution is 2.26. The monoisotopic (exact) mass is 301 g/mol. The van der Waals surface area contributed by atoms with Crippen LogP contribution in [0.2, 0.25) is 0 Å². The molecule has 8 heteroatoms. The van der Waals surface area contributed by atoms with Crippen molar-refractivity contribution in [1.82, 2.24) is 10.2 Å². The molecular formula is C13H23N3O5. The molecule has 2 atom stereocenters. The zero-order valence-corrected chi connectivity index (χ0v) is 12.2. The lowest BCUT2D eigenvalue weighted by molar-refractivity contribution is -0.138. The molecule has 0 aromatic heterocycles. The molecular weight excluding hydrogens is 278 g/mol. The second-order valence-corrected chi connectivity index (χ2v) is 5.32. The van der Waals surface area contributed by atoms with Crippen molar-refractivity contribution < 1.29 is 24.2 Å². The highest BCUT2D eigenvalue weighted by atomic mass is 16.5. The second-order valence-electron chi connectivity index (χ2n) is 5.32. The van der Waals surface area contributed by atoms with Gasteiger partial charge in [0.05, 0.1) is 6.54 Å². The maximum atomic E-state index is 12.0. The summed E-state index contributed by atoms with van der Waals surface area (Å²) >= 11 is 0. The number of hydrogen-bond acceptors (Lipinski definition) is 4. The van der Waals surface area contributed by atoms with Crippen LogP contribution in [0.3, 0.4) is 0 Å². The molecule has 0 radical (unpaired) electrons. The lowest BCUT2D eigenvalue weighted by Gasteiger charge is -2.35.